The summed E-state index contributed by atoms with van der Waals surface area (Å²) in [5, 5.41) is 8.65. The third-order valence-corrected chi connectivity index (χ3v) is 5.04. The van der Waals surface area contributed by atoms with Crippen LogP contribution in [0.2, 0.25) is 0 Å². The van der Waals surface area contributed by atoms with Gasteiger partial charge in [-0.3, -0.25) is 9.59 Å². The van der Waals surface area contributed by atoms with Crippen molar-refractivity contribution in [2.45, 2.75) is 25.8 Å². The molecule has 1 atom stereocenters. The average Bonchev–Trinajstić information content (AvgIpc) is 2.70. The van der Waals surface area contributed by atoms with Crippen LogP contribution in [0.15, 0.2) is 35.4 Å². The zero-order valence-corrected chi connectivity index (χ0v) is 13.6. The number of carbonyl (C=O) groups excluding carboxylic acids is 1. The highest BCUT2D eigenvalue weighted by molar-refractivity contribution is 8.00. The lowest BCUT2D eigenvalue weighted by molar-refractivity contribution is -0.134. The number of carboxylic acid groups (broad SMARTS) is 1. The van der Waals surface area contributed by atoms with Crippen molar-refractivity contribution >= 4 is 23.6 Å². The van der Waals surface area contributed by atoms with Crippen molar-refractivity contribution in [2.75, 3.05) is 12.9 Å². The Morgan fingerprint density at radius 2 is 1.95 bits per heavy atom. The molecular formula is C16H19NO4S. The van der Waals surface area contributed by atoms with Crippen molar-refractivity contribution < 1.29 is 19.4 Å². The Morgan fingerprint density at radius 1 is 1.32 bits per heavy atom. The molecule has 0 saturated heterocycles. The van der Waals surface area contributed by atoms with Crippen LogP contribution in [0.3, 0.4) is 0 Å². The minimum Gasteiger partial charge on any atom is -0.497 e. The molecule has 2 rings (SSSR count). The van der Waals surface area contributed by atoms with Gasteiger partial charge in [-0.05, 0) is 37.1 Å². The number of rotatable bonds is 6. The minimum absolute atomic E-state index is 0.0261. The summed E-state index contributed by atoms with van der Waals surface area (Å²) in [6.45, 7) is 4.13. The predicted molar refractivity (Wildman–Crippen MR) is 85.8 cm³/mol. The molecule has 0 spiro atoms. The van der Waals surface area contributed by atoms with Gasteiger partial charge in [-0.15, -0.1) is 11.8 Å². The summed E-state index contributed by atoms with van der Waals surface area (Å²) in [6, 6.07) is 7.52. The van der Waals surface area contributed by atoms with Gasteiger partial charge in [-0.25, -0.2) is 0 Å². The third kappa shape index (κ3) is 3.44. The number of ether oxygens (including phenoxy) is 1. The maximum Gasteiger partial charge on any atom is 0.313 e. The van der Waals surface area contributed by atoms with Gasteiger partial charge < -0.3 is 14.7 Å². The second-order valence-corrected chi connectivity index (χ2v) is 6.21. The molecule has 1 N–H and O–H groups in total. The summed E-state index contributed by atoms with van der Waals surface area (Å²) in [6.07, 6.45) is 0. The number of carboxylic acids is 1. The van der Waals surface area contributed by atoms with Crippen molar-refractivity contribution in [1.82, 2.24) is 4.90 Å². The lowest BCUT2D eigenvalue weighted by atomic mass is 10.2. The molecule has 1 aliphatic rings. The molecule has 6 heteroatoms. The van der Waals surface area contributed by atoms with Gasteiger partial charge in [-0.2, -0.15) is 0 Å². The van der Waals surface area contributed by atoms with Crippen molar-refractivity contribution in [3.8, 4) is 5.75 Å². The Morgan fingerprint density at radius 3 is 2.50 bits per heavy atom. The fourth-order valence-electron chi connectivity index (χ4n) is 2.36. The number of aliphatic carboxylic acids is 1. The average molecular weight is 321 g/mol. The summed E-state index contributed by atoms with van der Waals surface area (Å²) >= 11 is 1.27. The van der Waals surface area contributed by atoms with E-state index in [1.54, 1.807) is 18.9 Å². The first kappa shape index (κ1) is 16.4. The quantitative estimate of drug-likeness (QED) is 0.872. The highest BCUT2D eigenvalue weighted by Crippen LogP contribution is 2.34. The van der Waals surface area contributed by atoms with E-state index in [9.17, 15) is 9.59 Å². The van der Waals surface area contributed by atoms with E-state index in [0.29, 0.717) is 12.1 Å². The molecule has 118 valence electrons. The molecule has 0 radical (unpaired) electrons. The number of thioether (sulfide) groups is 1. The monoisotopic (exact) mass is 321 g/mol. The first-order valence-electron chi connectivity index (χ1n) is 6.88. The number of nitrogens with zero attached hydrogens (tertiary/aromatic N) is 1. The highest BCUT2D eigenvalue weighted by Gasteiger charge is 2.35. The Bertz CT molecular complexity index is 609. The number of benzene rings is 1. The highest BCUT2D eigenvalue weighted by atomic mass is 32.2. The van der Waals surface area contributed by atoms with E-state index >= 15 is 0 Å². The van der Waals surface area contributed by atoms with E-state index in [-0.39, 0.29) is 17.0 Å². The normalized spacial score (nSPS) is 18.0. The molecule has 1 unspecified atom stereocenters. The molecule has 22 heavy (non-hydrogen) atoms. The lowest BCUT2D eigenvalue weighted by Gasteiger charge is -2.25. The molecule has 0 bridgehead atoms. The lowest BCUT2D eigenvalue weighted by Crippen LogP contribution is -2.33. The van der Waals surface area contributed by atoms with Gasteiger partial charge in [-0.1, -0.05) is 12.1 Å². The van der Waals surface area contributed by atoms with Crippen LogP contribution in [0.4, 0.5) is 0 Å². The van der Waals surface area contributed by atoms with Crippen LogP contribution in [0.5, 0.6) is 5.75 Å². The van der Waals surface area contributed by atoms with Crippen LogP contribution in [-0.2, 0) is 16.1 Å². The second-order valence-electron chi connectivity index (χ2n) is 5.15. The Hall–Kier alpha value is -1.95. The van der Waals surface area contributed by atoms with E-state index in [1.807, 2.05) is 31.2 Å². The first-order chi connectivity index (χ1) is 10.4. The van der Waals surface area contributed by atoms with Crippen LogP contribution in [0, 0.1) is 0 Å². The van der Waals surface area contributed by atoms with E-state index in [4.69, 9.17) is 9.84 Å². The topological polar surface area (TPSA) is 66.8 Å². The van der Waals surface area contributed by atoms with Gasteiger partial charge in [0.1, 0.15) is 11.1 Å². The van der Waals surface area contributed by atoms with Crippen LogP contribution < -0.4 is 4.74 Å². The minimum atomic E-state index is -0.876. The second kappa shape index (κ2) is 6.87. The fraction of sp³-hybridized carbons (Fsp3) is 0.375. The number of hydrogen-bond donors (Lipinski definition) is 1. The smallest absolute Gasteiger partial charge is 0.313 e. The maximum atomic E-state index is 12.4. The Balaban J connectivity index is 2.15. The molecule has 1 heterocycles. The van der Waals surface area contributed by atoms with E-state index < -0.39 is 5.97 Å². The molecule has 0 aromatic heterocycles. The molecule has 1 aliphatic heterocycles. The molecule has 1 aromatic carbocycles. The van der Waals surface area contributed by atoms with Gasteiger partial charge in [0, 0.05) is 12.1 Å². The Labute approximate surface area is 133 Å². The molecule has 1 aromatic rings. The van der Waals surface area contributed by atoms with Crippen molar-refractivity contribution in [3.63, 3.8) is 0 Å². The van der Waals surface area contributed by atoms with E-state index in [0.717, 1.165) is 16.9 Å². The molecule has 0 saturated carbocycles. The summed E-state index contributed by atoms with van der Waals surface area (Å²) in [4.78, 5) is 24.9. The largest absolute Gasteiger partial charge is 0.497 e. The van der Waals surface area contributed by atoms with Crippen molar-refractivity contribution in [2.24, 2.45) is 0 Å². The van der Waals surface area contributed by atoms with Gasteiger partial charge in [0.2, 0.25) is 0 Å². The number of amides is 1. The molecule has 1 amide bonds. The number of methoxy groups -OCH3 is 1. The van der Waals surface area contributed by atoms with E-state index in [2.05, 4.69) is 0 Å². The maximum absolute atomic E-state index is 12.4. The van der Waals surface area contributed by atoms with Crippen molar-refractivity contribution in [1.29, 1.82) is 0 Å². The third-order valence-electron chi connectivity index (χ3n) is 3.70. The zero-order valence-electron chi connectivity index (χ0n) is 12.8. The molecule has 0 aliphatic carbocycles. The van der Waals surface area contributed by atoms with Gasteiger partial charge in [0.25, 0.3) is 5.91 Å². The first-order valence-corrected chi connectivity index (χ1v) is 7.93. The van der Waals surface area contributed by atoms with Gasteiger partial charge in [0.15, 0.2) is 0 Å². The van der Waals surface area contributed by atoms with E-state index in [1.165, 1.54) is 11.8 Å². The summed E-state index contributed by atoms with van der Waals surface area (Å²) in [7, 11) is 1.61. The molecular weight excluding hydrogens is 302 g/mol. The van der Waals surface area contributed by atoms with Gasteiger partial charge in [0.05, 0.1) is 12.9 Å². The number of hydrogen-bond acceptors (Lipinski definition) is 4. The number of carbonyl (C=O) groups is 2. The molecule has 0 fully saturated rings. The van der Waals surface area contributed by atoms with Crippen LogP contribution >= 0.6 is 11.8 Å². The van der Waals surface area contributed by atoms with Crippen molar-refractivity contribution in [3.05, 3.63) is 41.0 Å². The molecule has 5 nitrogen and oxygen atoms in total. The van der Waals surface area contributed by atoms with Crippen LogP contribution in [0.25, 0.3) is 0 Å². The standard InChI is InChI=1S/C16H19NO4S/c1-10-11(2)16(22-9-14(18)19)17(15(10)20)8-12-4-6-13(21-3)7-5-12/h4-7,16H,8-9H2,1-3H3,(H,18,19). The van der Waals surface area contributed by atoms with Gasteiger partial charge >= 0.3 is 5.97 Å². The van der Waals surface area contributed by atoms with Crippen LogP contribution in [0.1, 0.15) is 19.4 Å². The predicted octanol–water partition coefficient (Wildman–Crippen LogP) is 2.52. The SMILES string of the molecule is COc1ccc(CN2C(=O)C(C)=C(C)C2SCC(=O)O)cc1. The summed E-state index contributed by atoms with van der Waals surface area (Å²) in [5.74, 6) is -0.170. The fourth-order valence-corrected chi connectivity index (χ4v) is 3.43. The zero-order chi connectivity index (χ0) is 16.3. The Kier molecular flexibility index (Phi) is 5.13. The summed E-state index contributed by atoms with van der Waals surface area (Å²) < 4.78 is 5.12. The summed E-state index contributed by atoms with van der Waals surface area (Å²) in [5.41, 5.74) is 2.62. The van der Waals surface area contributed by atoms with Crippen LogP contribution in [-0.4, -0.2) is 40.1 Å².